The number of primary amides is 1. The first-order valence-electron chi connectivity index (χ1n) is 5.90. The topological polar surface area (TPSA) is 90.6 Å². The molecule has 1 aromatic carbocycles. The SMILES string of the molecule is CN(c1ccc2c(c1)OCO2)c1ncc(C(N)=O)cn1. The van der Waals surface area contributed by atoms with Crippen molar-refractivity contribution >= 4 is 17.5 Å². The molecular formula is C13H12N4O3. The lowest BCUT2D eigenvalue weighted by Crippen LogP contribution is -2.16. The molecule has 1 aromatic heterocycles. The average molecular weight is 272 g/mol. The highest BCUT2D eigenvalue weighted by atomic mass is 16.7. The molecule has 2 heterocycles. The van der Waals surface area contributed by atoms with E-state index in [9.17, 15) is 4.79 Å². The van der Waals surface area contributed by atoms with Gasteiger partial charge in [-0.3, -0.25) is 4.79 Å². The molecule has 7 heteroatoms. The van der Waals surface area contributed by atoms with Crippen molar-refractivity contribution in [3.63, 3.8) is 0 Å². The Labute approximate surface area is 115 Å². The molecule has 7 nitrogen and oxygen atoms in total. The highest BCUT2D eigenvalue weighted by Gasteiger charge is 2.16. The number of hydrogen-bond acceptors (Lipinski definition) is 6. The lowest BCUT2D eigenvalue weighted by Gasteiger charge is -2.17. The Balaban J connectivity index is 1.88. The number of amides is 1. The van der Waals surface area contributed by atoms with Crippen LogP contribution in [0.5, 0.6) is 11.5 Å². The number of fused-ring (bicyclic) bond motifs is 1. The van der Waals surface area contributed by atoms with Crippen LogP contribution in [0.1, 0.15) is 10.4 Å². The molecular weight excluding hydrogens is 260 g/mol. The zero-order valence-corrected chi connectivity index (χ0v) is 10.7. The van der Waals surface area contributed by atoms with Crippen molar-refractivity contribution in [2.75, 3.05) is 18.7 Å². The molecule has 0 radical (unpaired) electrons. The van der Waals surface area contributed by atoms with E-state index in [1.54, 1.807) is 4.90 Å². The van der Waals surface area contributed by atoms with Gasteiger partial charge in [-0.05, 0) is 12.1 Å². The first kappa shape index (κ1) is 12.2. The number of hydrogen-bond donors (Lipinski definition) is 1. The third-order valence-corrected chi connectivity index (χ3v) is 2.97. The number of anilines is 2. The lowest BCUT2D eigenvalue weighted by atomic mass is 10.2. The molecule has 1 aliphatic rings. The van der Waals surface area contributed by atoms with Crippen LogP contribution < -0.4 is 20.1 Å². The normalized spacial score (nSPS) is 12.2. The third kappa shape index (κ3) is 2.09. The number of ether oxygens (including phenoxy) is 2. The first-order chi connectivity index (χ1) is 9.65. The Morgan fingerprint density at radius 2 is 1.95 bits per heavy atom. The summed E-state index contributed by atoms with van der Waals surface area (Å²) in [6.45, 7) is 0.228. The molecule has 102 valence electrons. The van der Waals surface area contributed by atoms with Gasteiger partial charge in [-0.15, -0.1) is 0 Å². The fourth-order valence-electron chi connectivity index (χ4n) is 1.83. The van der Waals surface area contributed by atoms with Gasteiger partial charge in [-0.1, -0.05) is 0 Å². The van der Waals surface area contributed by atoms with E-state index in [2.05, 4.69) is 9.97 Å². The van der Waals surface area contributed by atoms with Crippen molar-refractivity contribution in [2.45, 2.75) is 0 Å². The predicted octanol–water partition coefficient (Wildman–Crippen LogP) is 1.07. The second-order valence-electron chi connectivity index (χ2n) is 4.23. The Morgan fingerprint density at radius 3 is 2.65 bits per heavy atom. The number of nitrogens with two attached hydrogens (primary N) is 1. The van der Waals surface area contributed by atoms with Gasteiger partial charge in [0.1, 0.15) is 0 Å². The second kappa shape index (κ2) is 4.69. The molecule has 0 saturated carbocycles. The summed E-state index contributed by atoms with van der Waals surface area (Å²) >= 11 is 0. The monoisotopic (exact) mass is 272 g/mol. The summed E-state index contributed by atoms with van der Waals surface area (Å²) in [6, 6.07) is 5.54. The Kier molecular flexibility index (Phi) is 2.86. The molecule has 0 saturated heterocycles. The standard InChI is InChI=1S/C13H12N4O3/c1-17(13-15-5-8(6-16-13)12(14)18)9-2-3-10-11(4-9)20-7-19-10/h2-6H,7H2,1H3,(H2,14,18). The maximum absolute atomic E-state index is 11.0. The first-order valence-corrected chi connectivity index (χ1v) is 5.90. The van der Waals surface area contributed by atoms with E-state index in [1.807, 2.05) is 25.2 Å². The number of carbonyl (C=O) groups excluding carboxylic acids is 1. The zero-order chi connectivity index (χ0) is 14.1. The van der Waals surface area contributed by atoms with Gasteiger partial charge >= 0.3 is 0 Å². The number of benzene rings is 1. The van der Waals surface area contributed by atoms with Crippen LogP contribution in [0.15, 0.2) is 30.6 Å². The van der Waals surface area contributed by atoms with E-state index in [0.717, 1.165) is 5.69 Å². The lowest BCUT2D eigenvalue weighted by molar-refractivity contribution is 0.0999. The highest BCUT2D eigenvalue weighted by Crippen LogP contribution is 2.36. The van der Waals surface area contributed by atoms with Crippen LogP contribution in [0.25, 0.3) is 0 Å². The molecule has 0 spiro atoms. The molecule has 0 atom stereocenters. The molecule has 0 unspecified atom stereocenters. The predicted molar refractivity (Wildman–Crippen MR) is 71.2 cm³/mol. The van der Waals surface area contributed by atoms with E-state index >= 15 is 0 Å². The summed E-state index contributed by atoms with van der Waals surface area (Å²) in [7, 11) is 1.82. The van der Waals surface area contributed by atoms with E-state index in [1.165, 1.54) is 12.4 Å². The second-order valence-corrected chi connectivity index (χ2v) is 4.23. The van der Waals surface area contributed by atoms with Crippen molar-refractivity contribution in [1.29, 1.82) is 0 Å². The summed E-state index contributed by atoms with van der Waals surface area (Å²) in [4.78, 5) is 21.0. The van der Waals surface area contributed by atoms with Gasteiger partial charge in [0.25, 0.3) is 5.91 Å². The maximum atomic E-state index is 11.0. The van der Waals surface area contributed by atoms with Crippen LogP contribution in [0.3, 0.4) is 0 Å². The zero-order valence-electron chi connectivity index (χ0n) is 10.7. The van der Waals surface area contributed by atoms with E-state index in [4.69, 9.17) is 15.2 Å². The Bertz CT molecular complexity index is 657. The van der Waals surface area contributed by atoms with Gasteiger partial charge in [0.15, 0.2) is 11.5 Å². The van der Waals surface area contributed by atoms with Crippen molar-refractivity contribution in [3.8, 4) is 11.5 Å². The number of rotatable bonds is 3. The molecule has 3 rings (SSSR count). The minimum atomic E-state index is -0.553. The van der Waals surface area contributed by atoms with Crippen LogP contribution >= 0.6 is 0 Å². The average Bonchev–Trinajstić information content (AvgIpc) is 2.94. The summed E-state index contributed by atoms with van der Waals surface area (Å²) in [5.74, 6) is 1.30. The molecule has 1 aliphatic heterocycles. The summed E-state index contributed by atoms with van der Waals surface area (Å²) < 4.78 is 10.6. The molecule has 1 amide bonds. The summed E-state index contributed by atoms with van der Waals surface area (Å²) in [6.07, 6.45) is 2.79. The smallest absolute Gasteiger partial charge is 0.251 e. The van der Waals surface area contributed by atoms with E-state index < -0.39 is 5.91 Å². The van der Waals surface area contributed by atoms with Gasteiger partial charge in [-0.25, -0.2) is 9.97 Å². The van der Waals surface area contributed by atoms with Gasteiger partial charge in [0.2, 0.25) is 12.7 Å². The fraction of sp³-hybridized carbons (Fsp3) is 0.154. The fourth-order valence-corrected chi connectivity index (χ4v) is 1.83. The minimum Gasteiger partial charge on any atom is -0.454 e. The van der Waals surface area contributed by atoms with Crippen LogP contribution in [-0.2, 0) is 0 Å². The van der Waals surface area contributed by atoms with Crippen molar-refractivity contribution in [3.05, 3.63) is 36.2 Å². The molecule has 0 bridgehead atoms. The van der Waals surface area contributed by atoms with Crippen molar-refractivity contribution in [2.24, 2.45) is 5.73 Å². The van der Waals surface area contributed by atoms with Crippen molar-refractivity contribution < 1.29 is 14.3 Å². The quantitative estimate of drug-likeness (QED) is 0.898. The number of nitrogens with zero attached hydrogens (tertiary/aromatic N) is 3. The maximum Gasteiger partial charge on any atom is 0.251 e. The molecule has 2 N–H and O–H groups in total. The van der Waals surface area contributed by atoms with Crippen LogP contribution in [0, 0.1) is 0 Å². The Hall–Kier alpha value is -2.83. The Morgan fingerprint density at radius 1 is 1.25 bits per heavy atom. The number of carbonyl (C=O) groups is 1. The summed E-state index contributed by atoms with van der Waals surface area (Å²) in [5, 5.41) is 0. The molecule has 2 aromatic rings. The highest BCUT2D eigenvalue weighted by molar-refractivity contribution is 5.92. The number of aromatic nitrogens is 2. The molecule has 20 heavy (non-hydrogen) atoms. The van der Waals surface area contributed by atoms with E-state index in [-0.39, 0.29) is 12.4 Å². The van der Waals surface area contributed by atoms with Crippen LogP contribution in [0.2, 0.25) is 0 Å². The van der Waals surface area contributed by atoms with Gasteiger partial charge in [0.05, 0.1) is 5.56 Å². The minimum absolute atomic E-state index is 0.228. The van der Waals surface area contributed by atoms with Gasteiger partial charge < -0.3 is 20.1 Å². The van der Waals surface area contributed by atoms with Crippen molar-refractivity contribution in [1.82, 2.24) is 9.97 Å². The summed E-state index contributed by atoms with van der Waals surface area (Å²) in [5.41, 5.74) is 6.27. The van der Waals surface area contributed by atoms with Gasteiger partial charge in [0, 0.05) is 31.2 Å². The van der Waals surface area contributed by atoms with Crippen LogP contribution in [0.4, 0.5) is 11.6 Å². The molecule has 0 fully saturated rings. The van der Waals surface area contributed by atoms with Crippen LogP contribution in [-0.4, -0.2) is 29.7 Å². The van der Waals surface area contributed by atoms with E-state index in [0.29, 0.717) is 17.4 Å². The third-order valence-electron chi connectivity index (χ3n) is 2.97. The van der Waals surface area contributed by atoms with Gasteiger partial charge in [-0.2, -0.15) is 0 Å². The largest absolute Gasteiger partial charge is 0.454 e. The molecule has 0 aliphatic carbocycles.